The van der Waals surface area contributed by atoms with E-state index in [2.05, 4.69) is 196 Å². The predicted octanol–water partition coefficient (Wildman–Crippen LogP) is 12.9. The molecular formula is C49H33N3. The Kier molecular flexibility index (Phi) is 6.31. The molecular weight excluding hydrogens is 631 g/mol. The first kappa shape index (κ1) is 28.9. The number of benzene rings is 8. The summed E-state index contributed by atoms with van der Waals surface area (Å²) in [5, 5.41) is 7.58. The maximum Gasteiger partial charge on any atom is 0.0541 e. The van der Waals surface area contributed by atoms with E-state index in [0.29, 0.717) is 0 Å². The second-order valence-corrected chi connectivity index (χ2v) is 13.9. The fourth-order valence-electron chi connectivity index (χ4n) is 8.43. The molecule has 0 aliphatic carbocycles. The molecule has 0 bridgehead atoms. The number of para-hydroxylation sites is 3. The number of fused-ring (bicyclic) bond motifs is 9. The first-order valence-corrected chi connectivity index (χ1v) is 18.0. The summed E-state index contributed by atoms with van der Waals surface area (Å²) in [6.45, 7) is 0.811. The zero-order valence-electron chi connectivity index (χ0n) is 28.4. The largest absolute Gasteiger partial charge is 0.355 e. The van der Waals surface area contributed by atoms with Gasteiger partial charge in [0.1, 0.15) is 0 Å². The van der Waals surface area contributed by atoms with Gasteiger partial charge in [-0.25, -0.2) is 0 Å². The molecule has 0 fully saturated rings. The van der Waals surface area contributed by atoms with E-state index < -0.39 is 0 Å². The molecule has 0 amide bonds. The first-order valence-electron chi connectivity index (χ1n) is 18.0. The van der Waals surface area contributed by atoms with Gasteiger partial charge in [-0.15, -0.1) is 0 Å². The summed E-state index contributed by atoms with van der Waals surface area (Å²) in [5.41, 5.74) is 14.6. The third-order valence-electron chi connectivity index (χ3n) is 10.9. The molecule has 0 radical (unpaired) electrons. The Hall–Kier alpha value is -6.84. The van der Waals surface area contributed by atoms with E-state index in [4.69, 9.17) is 0 Å². The number of aromatic amines is 1. The smallest absolute Gasteiger partial charge is 0.0541 e. The van der Waals surface area contributed by atoms with Crippen LogP contribution in [0.25, 0.3) is 93.4 Å². The van der Waals surface area contributed by atoms with E-state index in [9.17, 15) is 0 Å². The molecule has 0 saturated carbocycles. The molecule has 0 unspecified atom stereocenters. The van der Waals surface area contributed by atoms with Gasteiger partial charge in [0.05, 0.1) is 11.0 Å². The van der Waals surface area contributed by atoms with Gasteiger partial charge in [-0.3, -0.25) is 0 Å². The van der Waals surface area contributed by atoms with Gasteiger partial charge in [0.2, 0.25) is 0 Å². The maximum atomic E-state index is 3.58. The van der Waals surface area contributed by atoms with Gasteiger partial charge in [-0.05, 0) is 101 Å². The minimum absolute atomic E-state index is 0.811. The number of nitrogens with one attached hydrogen (secondary N) is 1. The van der Waals surface area contributed by atoms with Crippen molar-refractivity contribution in [2.45, 2.75) is 6.54 Å². The van der Waals surface area contributed by atoms with Gasteiger partial charge in [-0.2, -0.15) is 0 Å². The van der Waals surface area contributed by atoms with E-state index >= 15 is 0 Å². The SMILES string of the molecule is c1ccc(Cn2c3ccc(-c4ccc5[nH]c6ccccc6c5c4)cc3c3cc(-c4ccc5c(c4)c4ccccc4n5-c4ccccc4)ccc32)cc1. The minimum Gasteiger partial charge on any atom is -0.355 e. The zero-order chi connectivity index (χ0) is 34.2. The van der Waals surface area contributed by atoms with E-state index in [1.807, 2.05) is 0 Å². The lowest BCUT2D eigenvalue weighted by Gasteiger charge is -2.09. The fraction of sp³-hybridized carbons (Fsp3) is 0.0204. The maximum absolute atomic E-state index is 3.58. The van der Waals surface area contributed by atoms with Crippen molar-refractivity contribution in [3.63, 3.8) is 0 Å². The van der Waals surface area contributed by atoms with Gasteiger partial charge in [-0.1, -0.05) is 109 Å². The molecule has 3 aromatic heterocycles. The summed E-state index contributed by atoms with van der Waals surface area (Å²) in [7, 11) is 0. The van der Waals surface area contributed by atoms with Crippen LogP contribution in [0, 0.1) is 0 Å². The molecule has 0 aliphatic heterocycles. The molecule has 11 rings (SSSR count). The predicted molar refractivity (Wildman–Crippen MR) is 220 cm³/mol. The quantitative estimate of drug-likeness (QED) is 0.190. The highest BCUT2D eigenvalue weighted by Crippen LogP contribution is 2.39. The lowest BCUT2D eigenvalue weighted by Crippen LogP contribution is -1.99. The van der Waals surface area contributed by atoms with E-state index in [-0.39, 0.29) is 0 Å². The highest BCUT2D eigenvalue weighted by Gasteiger charge is 2.17. The van der Waals surface area contributed by atoms with Gasteiger partial charge >= 0.3 is 0 Å². The Morgan fingerprint density at radius 2 is 0.827 bits per heavy atom. The van der Waals surface area contributed by atoms with Crippen molar-refractivity contribution in [1.82, 2.24) is 14.1 Å². The third kappa shape index (κ3) is 4.46. The highest BCUT2D eigenvalue weighted by molar-refractivity contribution is 6.13. The third-order valence-corrected chi connectivity index (χ3v) is 10.9. The van der Waals surface area contributed by atoms with Crippen molar-refractivity contribution in [2.75, 3.05) is 0 Å². The van der Waals surface area contributed by atoms with Crippen molar-refractivity contribution < 1.29 is 0 Å². The Morgan fingerprint density at radius 3 is 1.52 bits per heavy atom. The molecule has 244 valence electrons. The highest BCUT2D eigenvalue weighted by atomic mass is 15.0. The van der Waals surface area contributed by atoms with E-state index in [1.54, 1.807) is 0 Å². The lowest BCUT2D eigenvalue weighted by atomic mass is 9.98. The van der Waals surface area contributed by atoms with Crippen LogP contribution >= 0.6 is 0 Å². The summed E-state index contributed by atoms with van der Waals surface area (Å²) >= 11 is 0. The molecule has 11 aromatic rings. The van der Waals surface area contributed by atoms with Gasteiger partial charge in [0, 0.05) is 66.6 Å². The molecule has 0 atom stereocenters. The zero-order valence-corrected chi connectivity index (χ0v) is 28.4. The first-order chi connectivity index (χ1) is 25.8. The monoisotopic (exact) mass is 663 g/mol. The average molecular weight is 664 g/mol. The lowest BCUT2D eigenvalue weighted by molar-refractivity contribution is 0.869. The Labute approximate surface area is 300 Å². The Morgan fingerprint density at radius 1 is 0.346 bits per heavy atom. The summed E-state index contributed by atoms with van der Waals surface area (Å²) in [6, 6.07) is 66.6. The molecule has 1 N–H and O–H groups in total. The topological polar surface area (TPSA) is 25.6 Å². The summed E-state index contributed by atoms with van der Waals surface area (Å²) < 4.78 is 4.86. The van der Waals surface area contributed by atoms with Gasteiger partial charge < -0.3 is 14.1 Å². The number of hydrogen-bond acceptors (Lipinski definition) is 0. The van der Waals surface area contributed by atoms with Gasteiger partial charge in [0.25, 0.3) is 0 Å². The van der Waals surface area contributed by atoms with Crippen LogP contribution in [0.2, 0.25) is 0 Å². The van der Waals surface area contributed by atoms with Crippen LogP contribution < -0.4 is 0 Å². The molecule has 3 nitrogen and oxygen atoms in total. The minimum atomic E-state index is 0.811. The number of nitrogens with zero attached hydrogens (tertiary/aromatic N) is 2. The van der Waals surface area contributed by atoms with Crippen LogP contribution in [-0.2, 0) is 6.54 Å². The normalized spacial score (nSPS) is 11.9. The summed E-state index contributed by atoms with van der Waals surface area (Å²) in [5.74, 6) is 0. The van der Waals surface area contributed by atoms with E-state index in [1.165, 1.54) is 98.9 Å². The number of aromatic nitrogens is 3. The summed E-state index contributed by atoms with van der Waals surface area (Å²) in [4.78, 5) is 3.58. The summed E-state index contributed by atoms with van der Waals surface area (Å²) in [6.07, 6.45) is 0. The van der Waals surface area contributed by atoms with Crippen molar-refractivity contribution in [3.8, 4) is 27.9 Å². The molecule has 52 heavy (non-hydrogen) atoms. The number of H-pyrrole nitrogens is 1. The van der Waals surface area contributed by atoms with E-state index in [0.717, 1.165) is 6.54 Å². The van der Waals surface area contributed by atoms with Crippen molar-refractivity contribution in [1.29, 1.82) is 0 Å². The standard InChI is InChI=1S/C49H33N3/c1-3-11-32(12-4-1)31-51-46-24-20-34(33-19-23-45-40(27-33)38-15-7-9-17-44(38)50-45)29-42(46)43-30-35(21-25-47(43)51)36-22-26-49-41(28-36)39-16-8-10-18-48(39)52(49)37-13-5-2-6-14-37/h1-30,50H,31H2. The van der Waals surface area contributed by atoms with Crippen LogP contribution in [0.5, 0.6) is 0 Å². The molecule has 0 saturated heterocycles. The molecule has 0 aliphatic rings. The van der Waals surface area contributed by atoms with Crippen LogP contribution in [0.15, 0.2) is 182 Å². The second-order valence-electron chi connectivity index (χ2n) is 13.9. The molecule has 0 spiro atoms. The van der Waals surface area contributed by atoms with Crippen molar-refractivity contribution in [2.24, 2.45) is 0 Å². The molecule has 8 aromatic carbocycles. The second kappa shape index (κ2) is 11.3. The Bertz CT molecular complexity index is 3140. The van der Waals surface area contributed by atoms with Crippen LogP contribution in [0.3, 0.4) is 0 Å². The average Bonchev–Trinajstić information content (AvgIpc) is 3.85. The Balaban J connectivity index is 1.10. The van der Waals surface area contributed by atoms with Crippen molar-refractivity contribution >= 4 is 65.4 Å². The molecule has 3 heterocycles. The number of rotatable bonds is 5. The number of hydrogen-bond donors (Lipinski definition) is 1. The van der Waals surface area contributed by atoms with Crippen molar-refractivity contribution in [3.05, 3.63) is 188 Å². The fourth-order valence-corrected chi connectivity index (χ4v) is 8.43. The van der Waals surface area contributed by atoms with Crippen LogP contribution in [0.1, 0.15) is 5.56 Å². The van der Waals surface area contributed by atoms with Crippen LogP contribution in [0.4, 0.5) is 0 Å². The van der Waals surface area contributed by atoms with Crippen LogP contribution in [-0.4, -0.2) is 14.1 Å². The van der Waals surface area contributed by atoms with Gasteiger partial charge in [0.15, 0.2) is 0 Å². The molecule has 3 heteroatoms.